The molecule has 1 aromatic carbocycles. The molecule has 0 unspecified atom stereocenters. The number of hydrogen-bond acceptors (Lipinski definition) is 2. The Labute approximate surface area is 88.8 Å². The molecule has 1 fully saturated rings. The second-order valence-electron chi connectivity index (χ2n) is 3.49. The summed E-state index contributed by atoms with van der Waals surface area (Å²) in [5.74, 6) is 0. The number of hydrogen-bond donors (Lipinski definition) is 0. The van der Waals surface area contributed by atoms with Gasteiger partial charge in [0.05, 0.1) is 12.7 Å². The van der Waals surface area contributed by atoms with Crippen LogP contribution in [-0.4, -0.2) is 12.7 Å². The molecular formula is C11H13ClO2. The highest BCUT2D eigenvalue weighted by atomic mass is 35.5. The van der Waals surface area contributed by atoms with E-state index in [2.05, 4.69) is 6.92 Å². The Balaban J connectivity index is 2.10. The predicted octanol–water partition coefficient (Wildman–Crippen LogP) is 3.16. The first-order valence-corrected chi connectivity index (χ1v) is 5.16. The van der Waals surface area contributed by atoms with Gasteiger partial charge in [0.25, 0.3) is 0 Å². The van der Waals surface area contributed by atoms with Gasteiger partial charge in [-0.15, -0.1) is 0 Å². The fourth-order valence-corrected chi connectivity index (χ4v) is 1.58. The van der Waals surface area contributed by atoms with Gasteiger partial charge < -0.3 is 9.47 Å². The van der Waals surface area contributed by atoms with Gasteiger partial charge >= 0.3 is 0 Å². The molecule has 3 heteroatoms. The lowest BCUT2D eigenvalue weighted by molar-refractivity contribution is -0.212. The molecule has 0 aromatic heterocycles. The number of halogens is 1. The van der Waals surface area contributed by atoms with Crippen LogP contribution in [0.25, 0.3) is 0 Å². The number of rotatable bonds is 1. The molecule has 2 atom stereocenters. The van der Waals surface area contributed by atoms with E-state index in [1.54, 1.807) is 0 Å². The second-order valence-corrected chi connectivity index (χ2v) is 3.93. The van der Waals surface area contributed by atoms with Gasteiger partial charge in [0, 0.05) is 10.6 Å². The average Bonchev–Trinajstić information content (AvgIpc) is 2.19. The zero-order valence-electron chi connectivity index (χ0n) is 8.07. The SMILES string of the molecule is C[C@@H]1CCO[C@H](c2ccc(Cl)cc2)O1. The predicted molar refractivity (Wildman–Crippen MR) is 55.3 cm³/mol. The van der Waals surface area contributed by atoms with Crippen molar-refractivity contribution in [2.75, 3.05) is 6.61 Å². The minimum atomic E-state index is -0.226. The van der Waals surface area contributed by atoms with Crippen molar-refractivity contribution in [2.45, 2.75) is 25.7 Å². The third kappa shape index (κ3) is 2.27. The first-order valence-electron chi connectivity index (χ1n) is 4.78. The van der Waals surface area contributed by atoms with Gasteiger partial charge in [-0.2, -0.15) is 0 Å². The van der Waals surface area contributed by atoms with Crippen molar-refractivity contribution in [1.82, 2.24) is 0 Å². The summed E-state index contributed by atoms with van der Waals surface area (Å²) in [4.78, 5) is 0. The molecule has 14 heavy (non-hydrogen) atoms. The minimum Gasteiger partial charge on any atom is -0.348 e. The Bertz CT molecular complexity index is 297. The van der Waals surface area contributed by atoms with Crippen molar-refractivity contribution < 1.29 is 9.47 Å². The van der Waals surface area contributed by atoms with E-state index >= 15 is 0 Å². The average molecular weight is 213 g/mol. The van der Waals surface area contributed by atoms with Crippen molar-refractivity contribution in [3.8, 4) is 0 Å². The molecule has 76 valence electrons. The van der Waals surface area contributed by atoms with Crippen LogP contribution in [0.5, 0.6) is 0 Å². The van der Waals surface area contributed by atoms with E-state index < -0.39 is 0 Å². The third-order valence-corrected chi connectivity index (χ3v) is 2.54. The highest BCUT2D eigenvalue weighted by molar-refractivity contribution is 6.30. The van der Waals surface area contributed by atoms with Crippen molar-refractivity contribution in [1.29, 1.82) is 0 Å². The van der Waals surface area contributed by atoms with Crippen LogP contribution in [0.1, 0.15) is 25.2 Å². The van der Waals surface area contributed by atoms with Crippen LogP contribution in [0.3, 0.4) is 0 Å². The molecule has 0 spiro atoms. The van der Waals surface area contributed by atoms with E-state index in [0.717, 1.165) is 23.6 Å². The fraction of sp³-hybridized carbons (Fsp3) is 0.455. The van der Waals surface area contributed by atoms with E-state index in [-0.39, 0.29) is 12.4 Å². The molecule has 1 aliphatic rings. The maximum atomic E-state index is 5.80. The summed E-state index contributed by atoms with van der Waals surface area (Å²) in [5.41, 5.74) is 1.03. The third-order valence-electron chi connectivity index (χ3n) is 2.29. The van der Waals surface area contributed by atoms with E-state index in [1.165, 1.54) is 0 Å². The standard InChI is InChI=1S/C11H13ClO2/c1-8-6-7-13-11(14-8)9-2-4-10(12)5-3-9/h2-5,8,11H,6-7H2,1H3/t8-,11+/m1/s1. The summed E-state index contributed by atoms with van der Waals surface area (Å²) in [6, 6.07) is 7.57. The van der Waals surface area contributed by atoms with E-state index in [9.17, 15) is 0 Å². The zero-order valence-corrected chi connectivity index (χ0v) is 8.83. The molecule has 0 amide bonds. The highest BCUT2D eigenvalue weighted by Crippen LogP contribution is 2.26. The number of ether oxygens (including phenoxy) is 2. The maximum absolute atomic E-state index is 5.80. The topological polar surface area (TPSA) is 18.5 Å². The van der Waals surface area contributed by atoms with Crippen LogP contribution >= 0.6 is 11.6 Å². The van der Waals surface area contributed by atoms with Crippen LogP contribution in [0.4, 0.5) is 0 Å². The van der Waals surface area contributed by atoms with Gasteiger partial charge in [-0.05, 0) is 25.5 Å². The van der Waals surface area contributed by atoms with Gasteiger partial charge in [0.15, 0.2) is 6.29 Å². The van der Waals surface area contributed by atoms with Gasteiger partial charge in [0.1, 0.15) is 0 Å². The molecule has 2 nitrogen and oxygen atoms in total. The molecule has 1 aliphatic heterocycles. The lowest BCUT2D eigenvalue weighted by Crippen LogP contribution is -2.24. The smallest absolute Gasteiger partial charge is 0.184 e. The molecule has 1 aromatic rings. The summed E-state index contributed by atoms with van der Waals surface area (Å²) in [5, 5.41) is 0.734. The minimum absolute atomic E-state index is 0.226. The van der Waals surface area contributed by atoms with Crippen LogP contribution in [0.15, 0.2) is 24.3 Å². The quantitative estimate of drug-likeness (QED) is 0.712. The van der Waals surface area contributed by atoms with Crippen molar-refractivity contribution >= 4 is 11.6 Å². The lowest BCUT2D eigenvalue weighted by atomic mass is 10.2. The largest absolute Gasteiger partial charge is 0.348 e. The Kier molecular flexibility index (Phi) is 3.06. The fourth-order valence-electron chi connectivity index (χ4n) is 1.45. The summed E-state index contributed by atoms with van der Waals surface area (Å²) in [6.45, 7) is 2.82. The Morgan fingerprint density at radius 2 is 2.00 bits per heavy atom. The van der Waals surface area contributed by atoms with Crippen LogP contribution in [0.2, 0.25) is 5.02 Å². The first kappa shape index (κ1) is 9.97. The summed E-state index contributed by atoms with van der Waals surface area (Å²) in [6.07, 6.45) is 1.00. The van der Waals surface area contributed by atoms with Crippen molar-refractivity contribution in [3.05, 3.63) is 34.9 Å². The summed E-state index contributed by atoms with van der Waals surface area (Å²) < 4.78 is 11.2. The molecule has 0 N–H and O–H groups in total. The zero-order chi connectivity index (χ0) is 9.97. The van der Waals surface area contributed by atoms with E-state index in [1.807, 2.05) is 24.3 Å². The molecule has 0 saturated carbocycles. The molecule has 1 heterocycles. The van der Waals surface area contributed by atoms with E-state index in [0.29, 0.717) is 0 Å². The van der Waals surface area contributed by atoms with Crippen molar-refractivity contribution in [2.24, 2.45) is 0 Å². The highest BCUT2D eigenvalue weighted by Gasteiger charge is 2.20. The molecule has 0 radical (unpaired) electrons. The summed E-state index contributed by atoms with van der Waals surface area (Å²) in [7, 11) is 0. The van der Waals surface area contributed by atoms with Crippen LogP contribution < -0.4 is 0 Å². The monoisotopic (exact) mass is 212 g/mol. The Morgan fingerprint density at radius 3 is 2.64 bits per heavy atom. The summed E-state index contributed by atoms with van der Waals surface area (Å²) >= 11 is 5.80. The van der Waals surface area contributed by atoms with Crippen LogP contribution in [0, 0.1) is 0 Å². The molecule has 2 rings (SSSR count). The number of benzene rings is 1. The normalized spacial score (nSPS) is 27.6. The molecular weight excluding hydrogens is 200 g/mol. The van der Waals surface area contributed by atoms with Gasteiger partial charge in [-0.25, -0.2) is 0 Å². The van der Waals surface area contributed by atoms with Gasteiger partial charge in [-0.1, -0.05) is 23.7 Å². The first-order chi connectivity index (χ1) is 6.75. The van der Waals surface area contributed by atoms with Crippen molar-refractivity contribution in [3.63, 3.8) is 0 Å². The molecule has 0 bridgehead atoms. The second kappa shape index (κ2) is 4.30. The Morgan fingerprint density at radius 1 is 1.29 bits per heavy atom. The molecule has 1 saturated heterocycles. The van der Waals surface area contributed by atoms with E-state index in [4.69, 9.17) is 21.1 Å². The Hall–Kier alpha value is -0.570. The molecule has 0 aliphatic carbocycles. The van der Waals surface area contributed by atoms with Gasteiger partial charge in [0.2, 0.25) is 0 Å². The van der Waals surface area contributed by atoms with Crippen LogP contribution in [-0.2, 0) is 9.47 Å². The maximum Gasteiger partial charge on any atom is 0.184 e. The lowest BCUT2D eigenvalue weighted by Gasteiger charge is -2.28. The van der Waals surface area contributed by atoms with Gasteiger partial charge in [-0.3, -0.25) is 0 Å².